The van der Waals surface area contributed by atoms with E-state index in [0.29, 0.717) is 16.8 Å². The fourth-order valence-corrected chi connectivity index (χ4v) is 2.91. The molecule has 0 radical (unpaired) electrons. The zero-order valence-electron chi connectivity index (χ0n) is 13.7. The van der Waals surface area contributed by atoms with E-state index in [2.05, 4.69) is 15.0 Å². The average molecular weight is 322 g/mol. The van der Waals surface area contributed by atoms with E-state index in [-0.39, 0.29) is 24.2 Å². The van der Waals surface area contributed by atoms with Gasteiger partial charge >= 0.3 is 11.9 Å². The number of nitrogens with one attached hydrogen (secondary N) is 2. The number of amides is 1. The first-order valence-corrected chi connectivity index (χ1v) is 7.68. The van der Waals surface area contributed by atoms with Crippen LogP contribution in [0.4, 0.5) is 0 Å². The topological polar surface area (TPSA) is 97.5 Å². The van der Waals surface area contributed by atoms with Crippen molar-refractivity contribution in [3.63, 3.8) is 0 Å². The smallest absolute Gasteiger partial charge is 0.355 e. The molecule has 7 heteroatoms. The highest BCUT2D eigenvalue weighted by Gasteiger charge is 2.24. The number of aromatic nitrogens is 1. The SMILES string of the molecule is COC(=O)c1c(C)[nH]c(C(=O)OCC(=O)NC2CCCC2)c1C. The van der Waals surface area contributed by atoms with Crippen molar-refractivity contribution >= 4 is 17.8 Å². The van der Waals surface area contributed by atoms with Gasteiger partial charge in [0.1, 0.15) is 5.69 Å². The molecule has 1 heterocycles. The zero-order chi connectivity index (χ0) is 17.0. The van der Waals surface area contributed by atoms with Gasteiger partial charge in [0.15, 0.2) is 6.61 Å². The fourth-order valence-electron chi connectivity index (χ4n) is 2.91. The molecule has 1 fully saturated rings. The summed E-state index contributed by atoms with van der Waals surface area (Å²) in [7, 11) is 1.28. The number of ether oxygens (including phenoxy) is 2. The van der Waals surface area contributed by atoms with Gasteiger partial charge in [-0.15, -0.1) is 0 Å². The average Bonchev–Trinajstić information content (AvgIpc) is 3.12. The summed E-state index contributed by atoms with van der Waals surface area (Å²) in [5.41, 5.74) is 1.46. The Balaban J connectivity index is 1.95. The van der Waals surface area contributed by atoms with Crippen LogP contribution < -0.4 is 5.32 Å². The Labute approximate surface area is 134 Å². The van der Waals surface area contributed by atoms with Gasteiger partial charge < -0.3 is 19.8 Å². The maximum Gasteiger partial charge on any atom is 0.355 e. The summed E-state index contributed by atoms with van der Waals surface area (Å²) in [6, 6.07) is 0.182. The zero-order valence-corrected chi connectivity index (χ0v) is 13.7. The molecule has 23 heavy (non-hydrogen) atoms. The summed E-state index contributed by atoms with van der Waals surface area (Å²) < 4.78 is 9.72. The molecule has 1 aromatic rings. The monoisotopic (exact) mass is 322 g/mol. The van der Waals surface area contributed by atoms with Crippen molar-refractivity contribution in [2.75, 3.05) is 13.7 Å². The van der Waals surface area contributed by atoms with Gasteiger partial charge in [-0.2, -0.15) is 0 Å². The first kappa shape index (κ1) is 17.1. The van der Waals surface area contributed by atoms with Crippen LogP contribution in [0.15, 0.2) is 0 Å². The van der Waals surface area contributed by atoms with Crippen LogP contribution in [0.2, 0.25) is 0 Å². The van der Waals surface area contributed by atoms with E-state index in [9.17, 15) is 14.4 Å². The molecule has 0 spiro atoms. The third-order valence-electron chi connectivity index (χ3n) is 4.09. The molecule has 1 aromatic heterocycles. The largest absolute Gasteiger partial charge is 0.465 e. The number of hydrogen-bond donors (Lipinski definition) is 2. The molecule has 0 unspecified atom stereocenters. The molecule has 2 rings (SSSR count). The van der Waals surface area contributed by atoms with Gasteiger partial charge in [-0.3, -0.25) is 4.79 Å². The molecule has 0 bridgehead atoms. The van der Waals surface area contributed by atoms with Gasteiger partial charge in [-0.25, -0.2) is 9.59 Å². The van der Waals surface area contributed by atoms with E-state index in [0.717, 1.165) is 25.7 Å². The maximum atomic E-state index is 12.1. The van der Waals surface area contributed by atoms with E-state index in [1.807, 2.05) is 0 Å². The summed E-state index contributed by atoms with van der Waals surface area (Å²) in [4.78, 5) is 38.4. The lowest BCUT2D eigenvalue weighted by Gasteiger charge is -2.11. The molecule has 1 amide bonds. The summed E-state index contributed by atoms with van der Waals surface area (Å²) in [6.45, 7) is 2.97. The Morgan fingerprint density at radius 1 is 1.17 bits per heavy atom. The van der Waals surface area contributed by atoms with Crippen molar-refractivity contribution in [1.29, 1.82) is 0 Å². The van der Waals surface area contributed by atoms with Gasteiger partial charge in [0.2, 0.25) is 0 Å². The predicted molar refractivity (Wildman–Crippen MR) is 82.3 cm³/mol. The number of hydrogen-bond acceptors (Lipinski definition) is 5. The molecule has 0 atom stereocenters. The van der Waals surface area contributed by atoms with Gasteiger partial charge in [0, 0.05) is 11.7 Å². The van der Waals surface area contributed by atoms with Gasteiger partial charge in [-0.1, -0.05) is 12.8 Å². The molecule has 1 aliphatic rings. The molecule has 1 saturated carbocycles. The van der Waals surface area contributed by atoms with Crippen LogP contribution in [0.25, 0.3) is 0 Å². The number of rotatable bonds is 5. The lowest BCUT2D eigenvalue weighted by Crippen LogP contribution is -2.36. The number of carbonyl (C=O) groups is 3. The van der Waals surface area contributed by atoms with Gasteiger partial charge in [-0.05, 0) is 32.3 Å². The first-order chi connectivity index (χ1) is 10.9. The minimum absolute atomic E-state index is 0.163. The quantitative estimate of drug-likeness (QED) is 0.803. The Hall–Kier alpha value is -2.31. The predicted octanol–water partition coefficient (Wildman–Crippen LogP) is 1.63. The van der Waals surface area contributed by atoms with Crippen LogP contribution in [0.1, 0.15) is 57.8 Å². The van der Waals surface area contributed by atoms with E-state index >= 15 is 0 Å². The number of H-pyrrole nitrogens is 1. The second-order valence-corrected chi connectivity index (χ2v) is 5.74. The molecule has 0 aromatic carbocycles. The highest BCUT2D eigenvalue weighted by molar-refractivity contribution is 5.99. The van der Waals surface area contributed by atoms with Crippen molar-refractivity contribution < 1.29 is 23.9 Å². The summed E-state index contributed by atoms with van der Waals surface area (Å²) in [5.74, 6) is -1.49. The van der Waals surface area contributed by atoms with Crippen LogP contribution in [0, 0.1) is 13.8 Å². The van der Waals surface area contributed by atoms with Crippen LogP contribution >= 0.6 is 0 Å². The van der Waals surface area contributed by atoms with Crippen LogP contribution in [-0.4, -0.2) is 42.6 Å². The highest BCUT2D eigenvalue weighted by Crippen LogP contribution is 2.20. The van der Waals surface area contributed by atoms with Crippen molar-refractivity contribution in [1.82, 2.24) is 10.3 Å². The van der Waals surface area contributed by atoms with Crippen LogP contribution in [0.5, 0.6) is 0 Å². The molecular weight excluding hydrogens is 300 g/mol. The van der Waals surface area contributed by atoms with E-state index in [1.165, 1.54) is 7.11 Å². The van der Waals surface area contributed by atoms with Gasteiger partial charge in [0.05, 0.1) is 12.7 Å². The molecule has 0 saturated heterocycles. The molecular formula is C16H22N2O5. The van der Waals surface area contributed by atoms with Crippen LogP contribution in [0.3, 0.4) is 0 Å². The lowest BCUT2D eigenvalue weighted by atomic mass is 10.1. The normalized spacial score (nSPS) is 14.6. The third kappa shape index (κ3) is 3.91. The third-order valence-corrected chi connectivity index (χ3v) is 4.09. The second kappa shape index (κ2) is 7.30. The van der Waals surface area contributed by atoms with Crippen molar-refractivity contribution in [3.05, 3.63) is 22.5 Å². The minimum atomic E-state index is -0.665. The van der Waals surface area contributed by atoms with Crippen molar-refractivity contribution in [3.8, 4) is 0 Å². The molecule has 0 aliphatic heterocycles. The van der Waals surface area contributed by atoms with Crippen molar-refractivity contribution in [2.24, 2.45) is 0 Å². The number of esters is 2. The first-order valence-electron chi connectivity index (χ1n) is 7.68. The number of methoxy groups -OCH3 is 1. The Kier molecular flexibility index (Phi) is 5.41. The Morgan fingerprint density at radius 3 is 2.43 bits per heavy atom. The van der Waals surface area contributed by atoms with E-state index in [4.69, 9.17) is 4.74 Å². The molecule has 1 aliphatic carbocycles. The molecule has 7 nitrogen and oxygen atoms in total. The van der Waals surface area contributed by atoms with E-state index < -0.39 is 11.9 Å². The summed E-state index contributed by atoms with van der Waals surface area (Å²) >= 11 is 0. The molecule has 2 N–H and O–H groups in total. The van der Waals surface area contributed by atoms with Crippen molar-refractivity contribution in [2.45, 2.75) is 45.6 Å². The molecule has 126 valence electrons. The Bertz CT molecular complexity index is 614. The number of aryl methyl sites for hydroxylation is 1. The van der Waals surface area contributed by atoms with Gasteiger partial charge in [0.25, 0.3) is 5.91 Å². The van der Waals surface area contributed by atoms with E-state index in [1.54, 1.807) is 13.8 Å². The number of aromatic amines is 1. The van der Waals surface area contributed by atoms with Crippen LogP contribution in [-0.2, 0) is 14.3 Å². The second-order valence-electron chi connectivity index (χ2n) is 5.74. The standard InChI is InChI=1S/C16H22N2O5/c1-9-13(15(20)22-3)10(2)17-14(9)16(21)23-8-12(19)18-11-6-4-5-7-11/h11,17H,4-8H2,1-3H3,(H,18,19). The lowest BCUT2D eigenvalue weighted by molar-refractivity contribution is -0.124. The number of carbonyl (C=O) groups excluding carboxylic acids is 3. The summed E-state index contributed by atoms with van der Waals surface area (Å²) in [6.07, 6.45) is 4.16. The fraction of sp³-hybridized carbons (Fsp3) is 0.562. The highest BCUT2D eigenvalue weighted by atomic mass is 16.5. The summed E-state index contributed by atoms with van der Waals surface area (Å²) in [5, 5.41) is 2.84. The Morgan fingerprint density at radius 2 is 1.83 bits per heavy atom. The maximum absolute atomic E-state index is 12.1. The minimum Gasteiger partial charge on any atom is -0.465 e.